The van der Waals surface area contributed by atoms with Gasteiger partial charge in [0.1, 0.15) is 28.7 Å². The molecule has 0 aliphatic rings. The molecule has 3 unspecified atom stereocenters. The number of hydrogen-bond acceptors (Lipinski definition) is 7. The molecule has 0 aliphatic carbocycles. The number of ether oxygens (including phenoxy) is 4. The number of esters is 1. The molecular formula is C22H28O7P+. The molecule has 0 amide bonds. The number of Topliss-reactive ketones (excluding diaryl/α,β-unsaturated/α-hetero) is 1. The molecule has 30 heavy (non-hydrogen) atoms. The fourth-order valence-corrected chi connectivity index (χ4v) is 2.78. The fraction of sp³-hybridized carbons (Fsp3) is 0.364. The van der Waals surface area contributed by atoms with Crippen molar-refractivity contribution in [3.63, 3.8) is 0 Å². The Hall–Kier alpha value is -2.92. The van der Waals surface area contributed by atoms with E-state index in [4.69, 9.17) is 23.5 Å². The Balaban J connectivity index is 0.00000218. The van der Waals surface area contributed by atoms with E-state index in [1.54, 1.807) is 43.3 Å². The van der Waals surface area contributed by atoms with Gasteiger partial charge in [0.15, 0.2) is 5.78 Å². The molecule has 0 spiro atoms. The average molecular weight is 435 g/mol. The molecule has 2 aromatic carbocycles. The molecule has 0 heterocycles. The van der Waals surface area contributed by atoms with Crippen LogP contribution in [-0.4, -0.2) is 39.2 Å². The third-order valence-electron chi connectivity index (χ3n) is 4.48. The Labute approximate surface area is 178 Å². The molecule has 0 saturated carbocycles. The maximum atomic E-state index is 13.5. The van der Waals surface area contributed by atoms with Crippen molar-refractivity contribution in [1.82, 2.24) is 0 Å². The summed E-state index contributed by atoms with van der Waals surface area (Å²) in [7, 11) is 5.56. The molecule has 7 nitrogen and oxygen atoms in total. The summed E-state index contributed by atoms with van der Waals surface area (Å²) in [5.74, 6) is -1.20. The smallest absolute Gasteiger partial charge is 0.321 e. The van der Waals surface area contributed by atoms with Crippen molar-refractivity contribution in [2.24, 2.45) is 0 Å². The van der Waals surface area contributed by atoms with Gasteiger partial charge in [0, 0.05) is 12.1 Å². The molecule has 0 bridgehead atoms. The third kappa shape index (κ3) is 6.04. The fourth-order valence-electron chi connectivity index (χ4n) is 2.78. The number of benzene rings is 2. The Morgan fingerprint density at radius 3 is 1.90 bits per heavy atom. The summed E-state index contributed by atoms with van der Waals surface area (Å²) < 4.78 is 29.7. The Kier molecular flexibility index (Phi) is 10.6. The quantitative estimate of drug-likeness (QED) is 0.252. The predicted octanol–water partition coefficient (Wildman–Crippen LogP) is 4.23. The van der Waals surface area contributed by atoms with Crippen LogP contribution in [-0.2, 0) is 14.1 Å². The summed E-state index contributed by atoms with van der Waals surface area (Å²) in [6.07, 6.45) is 0.350. The van der Waals surface area contributed by atoms with Crippen molar-refractivity contribution in [2.75, 3.05) is 21.3 Å². The van der Waals surface area contributed by atoms with E-state index in [0.717, 1.165) is 0 Å². The van der Waals surface area contributed by atoms with Crippen LogP contribution in [0.5, 0.6) is 17.2 Å². The first-order valence-electron chi connectivity index (χ1n) is 9.30. The van der Waals surface area contributed by atoms with E-state index in [1.165, 1.54) is 30.4 Å². The summed E-state index contributed by atoms with van der Waals surface area (Å²) in [6, 6.07) is 12.0. The first-order valence-corrected chi connectivity index (χ1v) is 9.77. The van der Waals surface area contributed by atoms with Gasteiger partial charge in [-0.3, -0.25) is 9.59 Å². The average Bonchev–Trinajstić information content (AvgIpc) is 2.79. The van der Waals surface area contributed by atoms with Crippen molar-refractivity contribution in [2.45, 2.75) is 32.3 Å². The predicted molar refractivity (Wildman–Crippen MR) is 116 cm³/mol. The van der Waals surface area contributed by atoms with E-state index in [-0.39, 0.29) is 23.2 Å². The van der Waals surface area contributed by atoms with Gasteiger partial charge in [-0.1, -0.05) is 41.8 Å². The first kappa shape index (κ1) is 25.1. The maximum absolute atomic E-state index is 13.5. The number of methoxy groups -OCH3 is 3. The maximum Gasteiger partial charge on any atom is 0.321 e. The Morgan fingerprint density at radius 2 is 1.47 bits per heavy atom. The lowest BCUT2D eigenvalue weighted by atomic mass is 9.89. The summed E-state index contributed by atoms with van der Waals surface area (Å²) in [5.41, 5.74) is 0.710. The molecular weight excluding hydrogens is 407 g/mol. The molecule has 0 saturated heterocycles. The molecule has 0 aliphatic heterocycles. The van der Waals surface area contributed by atoms with E-state index >= 15 is 0 Å². The van der Waals surface area contributed by atoms with E-state index in [2.05, 4.69) is 0 Å². The molecule has 0 radical (unpaired) electrons. The van der Waals surface area contributed by atoms with Crippen molar-refractivity contribution in [1.29, 1.82) is 0 Å². The van der Waals surface area contributed by atoms with Crippen LogP contribution >= 0.6 is 9.12 Å². The molecule has 0 fully saturated rings. The van der Waals surface area contributed by atoms with Crippen LogP contribution in [0.1, 0.15) is 42.1 Å². The normalized spacial score (nSPS) is 11.9. The summed E-state index contributed by atoms with van der Waals surface area (Å²) in [4.78, 5) is 26.4. The van der Waals surface area contributed by atoms with E-state index in [9.17, 15) is 9.59 Å². The molecule has 0 aromatic heterocycles. The van der Waals surface area contributed by atoms with Gasteiger partial charge in [-0.05, 0) is 18.9 Å². The second kappa shape index (κ2) is 12.6. The van der Waals surface area contributed by atoms with Gasteiger partial charge in [0.05, 0.1) is 27.4 Å². The lowest BCUT2D eigenvalue weighted by Gasteiger charge is -2.21. The van der Waals surface area contributed by atoms with Crippen LogP contribution < -0.4 is 14.2 Å². The lowest BCUT2D eigenvalue weighted by molar-refractivity contribution is -0.148. The highest BCUT2D eigenvalue weighted by Crippen LogP contribution is 2.38. The van der Waals surface area contributed by atoms with Crippen molar-refractivity contribution >= 4 is 20.9 Å². The minimum atomic E-state index is -1.13. The van der Waals surface area contributed by atoms with Crippen molar-refractivity contribution < 1.29 is 33.1 Å². The van der Waals surface area contributed by atoms with Gasteiger partial charge in [-0.25, -0.2) is 0 Å². The van der Waals surface area contributed by atoms with Gasteiger partial charge >= 0.3 is 15.1 Å². The number of carbonyl (C=O) groups excluding carboxylic acids is 2. The van der Waals surface area contributed by atoms with E-state index in [0.29, 0.717) is 17.7 Å². The summed E-state index contributed by atoms with van der Waals surface area (Å²) in [5, 5.41) is 0. The molecule has 8 heteroatoms. The van der Waals surface area contributed by atoms with Gasteiger partial charge in [-0.15, -0.1) is 0 Å². The Bertz CT molecular complexity index is 814. The summed E-state index contributed by atoms with van der Waals surface area (Å²) >= 11 is 0. The van der Waals surface area contributed by atoms with Gasteiger partial charge in [-0.2, -0.15) is 0 Å². The van der Waals surface area contributed by atoms with Crippen molar-refractivity contribution in [3.8, 4) is 17.2 Å². The zero-order chi connectivity index (χ0) is 22.7. The first-order chi connectivity index (χ1) is 14.5. The number of rotatable bonds is 9. The highest BCUT2D eigenvalue weighted by molar-refractivity contribution is 7.00. The largest absolute Gasteiger partial charge is 0.496 e. The third-order valence-corrected chi connectivity index (χ3v) is 4.48. The number of carbonyl (C=O) groups is 2. The molecule has 162 valence electrons. The number of hydrogen-bond donors (Lipinski definition) is 0. The zero-order valence-electron chi connectivity index (χ0n) is 17.8. The standard InChI is InChI=1S/C22H26O6.H2OP/c1-6-14(2)28-22(24)19(15-10-8-7-9-11-15)21(23)20-17(26-4)12-16(25-3)13-18(20)27-5;1-2/h7-14,19H,6H2,1-5H3;2H2/q;+1. The topological polar surface area (TPSA) is 88.1 Å². The second-order valence-corrected chi connectivity index (χ2v) is 6.27. The van der Waals surface area contributed by atoms with Crippen LogP contribution in [0.4, 0.5) is 0 Å². The van der Waals surface area contributed by atoms with Crippen LogP contribution in [0, 0.1) is 0 Å². The van der Waals surface area contributed by atoms with Crippen LogP contribution in [0.25, 0.3) is 0 Å². The van der Waals surface area contributed by atoms with Gasteiger partial charge in [0.2, 0.25) is 0 Å². The monoisotopic (exact) mass is 435 g/mol. The number of ketones is 1. The molecule has 0 N–H and O–H groups in total. The van der Waals surface area contributed by atoms with Crippen LogP contribution in [0.2, 0.25) is 0 Å². The zero-order valence-corrected chi connectivity index (χ0v) is 19.0. The molecule has 3 atom stereocenters. The van der Waals surface area contributed by atoms with Gasteiger partial charge in [0.25, 0.3) is 0 Å². The van der Waals surface area contributed by atoms with Crippen LogP contribution in [0.15, 0.2) is 42.5 Å². The van der Waals surface area contributed by atoms with Crippen LogP contribution in [0.3, 0.4) is 0 Å². The molecule has 2 rings (SSSR count). The second-order valence-electron chi connectivity index (χ2n) is 6.27. The minimum absolute atomic E-state index is 0.167. The van der Waals surface area contributed by atoms with Crippen molar-refractivity contribution in [3.05, 3.63) is 53.6 Å². The lowest BCUT2D eigenvalue weighted by Crippen LogP contribution is -2.27. The molecule has 2 aromatic rings. The van der Waals surface area contributed by atoms with E-state index in [1.807, 2.05) is 13.0 Å². The van der Waals surface area contributed by atoms with E-state index < -0.39 is 17.7 Å². The SMILES string of the molecule is CCC(C)OC(=O)C(C(=O)c1c(OC)cc(OC)cc1OC)c1ccccc1.O=[PH2+]. The summed E-state index contributed by atoms with van der Waals surface area (Å²) in [6.45, 7) is 3.70. The minimum Gasteiger partial charge on any atom is -0.496 e. The highest BCUT2D eigenvalue weighted by Gasteiger charge is 2.35. The van der Waals surface area contributed by atoms with Gasteiger partial charge < -0.3 is 18.9 Å². The Morgan fingerprint density at radius 1 is 0.933 bits per heavy atom. The highest BCUT2D eigenvalue weighted by atomic mass is 31.0.